The Hall–Kier alpha value is -0.960. The van der Waals surface area contributed by atoms with Gasteiger partial charge in [-0.25, -0.2) is 12.7 Å². The smallest absolute Gasteiger partial charge is 0.263 e. The first-order valence-corrected chi connectivity index (χ1v) is 8.71. The molecule has 1 aliphatic carbocycles. The number of nitrogens with two attached hydrogens (primary N) is 1. The lowest BCUT2D eigenvalue weighted by molar-refractivity contribution is 0.0934. The second-order valence-corrected chi connectivity index (χ2v) is 8.09. The molecule has 1 unspecified atom stereocenters. The standard InChI is InChI=1S/C12H19N3O3S2/c1-15(2)20(17,18)10-5-6-19-11(10)12(16)14-9(7-13)8-3-4-8/h5-6,8-9H,3-4,7,13H2,1-2H3,(H,14,16). The number of hydrogen-bond acceptors (Lipinski definition) is 5. The minimum absolute atomic E-state index is 0.0524. The number of thiophene rings is 1. The second kappa shape index (κ2) is 5.80. The maximum Gasteiger partial charge on any atom is 0.263 e. The van der Waals surface area contributed by atoms with Crippen molar-refractivity contribution in [3.63, 3.8) is 0 Å². The third-order valence-electron chi connectivity index (χ3n) is 3.36. The van der Waals surface area contributed by atoms with Crippen LogP contribution >= 0.6 is 11.3 Å². The maximum absolute atomic E-state index is 12.3. The number of nitrogens with zero attached hydrogens (tertiary/aromatic N) is 1. The summed E-state index contributed by atoms with van der Waals surface area (Å²) in [4.78, 5) is 12.5. The molecule has 1 saturated carbocycles. The van der Waals surface area contributed by atoms with Crippen molar-refractivity contribution >= 4 is 27.3 Å². The molecule has 1 aliphatic rings. The minimum Gasteiger partial charge on any atom is -0.347 e. The van der Waals surface area contributed by atoms with E-state index in [-0.39, 0.29) is 21.7 Å². The number of hydrogen-bond donors (Lipinski definition) is 2. The Kier molecular flexibility index (Phi) is 4.48. The van der Waals surface area contributed by atoms with E-state index in [4.69, 9.17) is 5.73 Å². The molecule has 3 N–H and O–H groups in total. The fourth-order valence-electron chi connectivity index (χ4n) is 1.96. The molecule has 0 radical (unpaired) electrons. The van der Waals surface area contributed by atoms with Crippen LogP contribution < -0.4 is 11.1 Å². The van der Waals surface area contributed by atoms with E-state index in [1.54, 1.807) is 5.38 Å². The lowest BCUT2D eigenvalue weighted by atomic mass is 10.2. The molecule has 1 amide bonds. The minimum atomic E-state index is -3.60. The Balaban J connectivity index is 2.21. The van der Waals surface area contributed by atoms with Gasteiger partial charge in [0.25, 0.3) is 5.91 Å². The number of nitrogens with one attached hydrogen (secondary N) is 1. The highest BCUT2D eigenvalue weighted by Gasteiger charge is 2.33. The number of amides is 1. The molecular weight excluding hydrogens is 298 g/mol. The van der Waals surface area contributed by atoms with Gasteiger partial charge in [0.2, 0.25) is 10.0 Å². The van der Waals surface area contributed by atoms with E-state index in [0.717, 1.165) is 28.5 Å². The highest BCUT2D eigenvalue weighted by molar-refractivity contribution is 7.89. The molecule has 20 heavy (non-hydrogen) atoms. The van der Waals surface area contributed by atoms with Gasteiger partial charge in [-0.2, -0.15) is 0 Å². The predicted octanol–water partition coefficient (Wildman–Crippen LogP) is 0.465. The van der Waals surface area contributed by atoms with Gasteiger partial charge in [0.05, 0.1) is 0 Å². The molecule has 0 aliphatic heterocycles. The van der Waals surface area contributed by atoms with E-state index in [2.05, 4.69) is 5.32 Å². The van der Waals surface area contributed by atoms with Gasteiger partial charge in [-0.1, -0.05) is 0 Å². The Morgan fingerprint density at radius 2 is 2.20 bits per heavy atom. The zero-order chi connectivity index (χ0) is 14.9. The Morgan fingerprint density at radius 1 is 1.55 bits per heavy atom. The molecule has 1 atom stereocenters. The fourth-order valence-corrected chi connectivity index (χ4v) is 4.16. The third-order valence-corrected chi connectivity index (χ3v) is 6.26. The summed E-state index contributed by atoms with van der Waals surface area (Å²) in [5.74, 6) is 0.0700. The van der Waals surface area contributed by atoms with Crippen molar-refractivity contribution in [2.24, 2.45) is 11.7 Å². The molecule has 1 aromatic rings. The first-order valence-electron chi connectivity index (χ1n) is 6.39. The monoisotopic (exact) mass is 317 g/mol. The molecule has 1 heterocycles. The Morgan fingerprint density at radius 3 is 2.70 bits per heavy atom. The van der Waals surface area contributed by atoms with Crippen molar-refractivity contribution in [1.29, 1.82) is 0 Å². The number of carbonyl (C=O) groups excluding carboxylic acids is 1. The summed E-state index contributed by atoms with van der Waals surface area (Å²) in [6.45, 7) is 0.373. The predicted molar refractivity (Wildman–Crippen MR) is 78.2 cm³/mol. The van der Waals surface area contributed by atoms with Gasteiger partial charge in [-0.05, 0) is 30.2 Å². The van der Waals surface area contributed by atoms with Gasteiger partial charge in [-0.15, -0.1) is 11.3 Å². The molecule has 2 rings (SSSR count). The third kappa shape index (κ3) is 3.03. The van der Waals surface area contributed by atoms with E-state index < -0.39 is 10.0 Å². The molecule has 0 aromatic carbocycles. The molecule has 8 heteroatoms. The Bertz CT molecular complexity index is 591. The molecule has 6 nitrogen and oxygen atoms in total. The highest BCUT2D eigenvalue weighted by atomic mass is 32.2. The van der Waals surface area contributed by atoms with Crippen LogP contribution in [0.5, 0.6) is 0 Å². The molecule has 0 saturated heterocycles. The number of sulfonamides is 1. The maximum atomic E-state index is 12.3. The van der Waals surface area contributed by atoms with Crippen LogP contribution in [0, 0.1) is 5.92 Å². The number of rotatable bonds is 6. The molecule has 1 aromatic heterocycles. The molecule has 112 valence electrons. The van der Waals surface area contributed by atoms with Crippen molar-refractivity contribution in [3.8, 4) is 0 Å². The van der Waals surface area contributed by atoms with Crippen molar-refractivity contribution in [2.75, 3.05) is 20.6 Å². The van der Waals surface area contributed by atoms with Crippen molar-refractivity contribution in [2.45, 2.75) is 23.8 Å². The van der Waals surface area contributed by atoms with E-state index in [1.807, 2.05) is 0 Å². The van der Waals surface area contributed by atoms with Crippen LogP contribution in [0.4, 0.5) is 0 Å². The summed E-state index contributed by atoms with van der Waals surface area (Å²) in [7, 11) is -0.713. The quantitative estimate of drug-likeness (QED) is 0.797. The average molecular weight is 317 g/mol. The SMILES string of the molecule is CN(C)S(=O)(=O)c1ccsc1C(=O)NC(CN)C1CC1. The molecule has 0 spiro atoms. The zero-order valence-electron chi connectivity index (χ0n) is 11.5. The van der Waals surface area contributed by atoms with E-state index in [9.17, 15) is 13.2 Å². The van der Waals surface area contributed by atoms with Gasteiger partial charge in [-0.3, -0.25) is 4.79 Å². The van der Waals surface area contributed by atoms with Crippen molar-refractivity contribution < 1.29 is 13.2 Å². The topological polar surface area (TPSA) is 92.5 Å². The summed E-state index contributed by atoms with van der Waals surface area (Å²) in [6.07, 6.45) is 2.13. The molecule has 1 fully saturated rings. The van der Waals surface area contributed by atoms with Gasteiger partial charge in [0.15, 0.2) is 0 Å². The largest absolute Gasteiger partial charge is 0.347 e. The fraction of sp³-hybridized carbons (Fsp3) is 0.583. The van der Waals surface area contributed by atoms with Crippen molar-refractivity contribution in [3.05, 3.63) is 16.3 Å². The highest BCUT2D eigenvalue weighted by Crippen LogP contribution is 2.32. The summed E-state index contributed by atoms with van der Waals surface area (Å²) in [5, 5.41) is 4.46. The van der Waals surface area contributed by atoms with E-state index in [1.165, 1.54) is 20.2 Å². The Labute approximate surface area is 123 Å². The van der Waals surface area contributed by atoms with Crippen molar-refractivity contribution in [1.82, 2.24) is 9.62 Å². The van der Waals surface area contributed by atoms with Crippen LogP contribution in [0.2, 0.25) is 0 Å². The van der Waals surface area contributed by atoms with E-state index >= 15 is 0 Å². The normalized spacial score (nSPS) is 17.2. The van der Waals surface area contributed by atoms with E-state index in [0.29, 0.717) is 12.5 Å². The summed E-state index contributed by atoms with van der Waals surface area (Å²) >= 11 is 1.13. The van der Waals surface area contributed by atoms with Crippen LogP contribution in [-0.2, 0) is 10.0 Å². The van der Waals surface area contributed by atoms with Gasteiger partial charge >= 0.3 is 0 Å². The van der Waals surface area contributed by atoms with Crippen LogP contribution in [0.25, 0.3) is 0 Å². The summed E-state index contributed by atoms with van der Waals surface area (Å²) in [6, 6.07) is 1.39. The first-order chi connectivity index (χ1) is 9.37. The zero-order valence-corrected chi connectivity index (χ0v) is 13.1. The molecular formula is C12H19N3O3S2. The van der Waals surface area contributed by atoms with Crippen LogP contribution in [-0.4, -0.2) is 45.3 Å². The van der Waals surface area contributed by atoms with Gasteiger partial charge < -0.3 is 11.1 Å². The van der Waals surface area contributed by atoms with Crippen LogP contribution in [0.3, 0.4) is 0 Å². The lowest BCUT2D eigenvalue weighted by Gasteiger charge is -2.17. The molecule has 0 bridgehead atoms. The van der Waals surface area contributed by atoms with Crippen LogP contribution in [0.15, 0.2) is 16.3 Å². The summed E-state index contributed by atoms with van der Waals surface area (Å²) < 4.78 is 25.4. The second-order valence-electron chi connectivity index (χ2n) is 5.05. The number of carbonyl (C=O) groups is 1. The van der Waals surface area contributed by atoms with Gasteiger partial charge in [0, 0.05) is 26.7 Å². The van der Waals surface area contributed by atoms with Crippen LogP contribution in [0.1, 0.15) is 22.5 Å². The first kappa shape index (κ1) is 15.4. The van der Waals surface area contributed by atoms with Gasteiger partial charge in [0.1, 0.15) is 9.77 Å². The lowest BCUT2D eigenvalue weighted by Crippen LogP contribution is -2.42. The summed E-state index contributed by atoms with van der Waals surface area (Å²) in [5.41, 5.74) is 5.65. The average Bonchev–Trinajstić information content (AvgIpc) is 3.10.